The Kier molecular flexibility index (Phi) is 5.37. The molecular weight excluding hydrogens is 382 g/mol. The van der Waals surface area contributed by atoms with E-state index in [-0.39, 0.29) is 28.2 Å². The van der Waals surface area contributed by atoms with Crippen molar-refractivity contribution in [1.82, 2.24) is 5.32 Å². The Morgan fingerprint density at radius 3 is 2.39 bits per heavy atom. The second-order valence-electron chi connectivity index (χ2n) is 6.99. The van der Waals surface area contributed by atoms with Crippen LogP contribution in [0, 0.1) is 23.0 Å². The number of nitrogens with one attached hydrogen (secondary N) is 2. The Bertz CT molecular complexity index is 1010. The second-order valence-corrected chi connectivity index (χ2v) is 8.67. The predicted octanol–water partition coefficient (Wildman–Crippen LogP) is 3.23. The van der Waals surface area contributed by atoms with E-state index in [0.717, 1.165) is 18.9 Å². The van der Waals surface area contributed by atoms with Gasteiger partial charge in [-0.3, -0.25) is 19.6 Å². The van der Waals surface area contributed by atoms with Crippen LogP contribution < -0.4 is 10.0 Å². The minimum Gasteiger partial charge on any atom is -0.349 e. The Hall–Kier alpha value is -2.94. The summed E-state index contributed by atoms with van der Waals surface area (Å²) >= 11 is 0. The van der Waals surface area contributed by atoms with E-state index in [0.29, 0.717) is 17.0 Å². The van der Waals surface area contributed by atoms with E-state index in [4.69, 9.17) is 0 Å². The molecule has 0 spiro atoms. The van der Waals surface area contributed by atoms with Crippen molar-refractivity contribution in [2.75, 3.05) is 4.72 Å². The topological polar surface area (TPSA) is 118 Å². The van der Waals surface area contributed by atoms with E-state index in [1.165, 1.54) is 43.3 Å². The normalized spacial score (nSPS) is 14.9. The van der Waals surface area contributed by atoms with Gasteiger partial charge in [-0.2, -0.15) is 0 Å². The van der Waals surface area contributed by atoms with Crippen LogP contribution in [0.1, 0.15) is 35.7 Å². The number of benzene rings is 2. The number of anilines is 1. The molecule has 1 aliphatic carbocycles. The summed E-state index contributed by atoms with van der Waals surface area (Å²) in [6, 6.07) is 9.87. The molecule has 1 fully saturated rings. The third-order valence-electron chi connectivity index (χ3n) is 4.77. The summed E-state index contributed by atoms with van der Waals surface area (Å²) in [6.07, 6.45) is 2.25. The van der Waals surface area contributed by atoms with Gasteiger partial charge in [-0.25, -0.2) is 8.42 Å². The maximum absolute atomic E-state index is 12.5. The number of hydrogen-bond acceptors (Lipinski definition) is 5. The number of hydrogen-bond donors (Lipinski definition) is 2. The Labute approximate surface area is 163 Å². The second kappa shape index (κ2) is 7.59. The van der Waals surface area contributed by atoms with Crippen LogP contribution >= 0.6 is 0 Å². The van der Waals surface area contributed by atoms with Crippen LogP contribution in [0.4, 0.5) is 11.4 Å². The number of carbonyl (C=O) groups is 1. The molecule has 1 atom stereocenters. The van der Waals surface area contributed by atoms with Gasteiger partial charge in [-0.1, -0.05) is 6.07 Å². The molecule has 1 saturated carbocycles. The number of rotatable bonds is 7. The van der Waals surface area contributed by atoms with Gasteiger partial charge in [0.05, 0.1) is 9.82 Å². The third kappa shape index (κ3) is 4.48. The summed E-state index contributed by atoms with van der Waals surface area (Å²) in [7, 11) is -4.00. The van der Waals surface area contributed by atoms with E-state index in [1.54, 1.807) is 0 Å². The van der Waals surface area contributed by atoms with Crippen LogP contribution in [-0.4, -0.2) is 25.3 Å². The van der Waals surface area contributed by atoms with E-state index in [1.807, 2.05) is 6.92 Å². The van der Waals surface area contributed by atoms with Crippen LogP contribution in [0.5, 0.6) is 0 Å². The standard InChI is InChI=1S/C19H21N3O5S/c1-12-3-10-17(11-18(12)22(24)25)28(26,27)21-16-8-6-15(7-9-16)19(23)20-13(2)14-4-5-14/h3,6-11,13-14,21H,4-5H2,1-2H3,(H,20,23). The van der Waals surface area contributed by atoms with Crippen molar-refractivity contribution in [3.63, 3.8) is 0 Å². The van der Waals surface area contributed by atoms with Crippen molar-refractivity contribution < 1.29 is 18.1 Å². The number of amides is 1. The molecule has 1 aliphatic rings. The molecule has 8 nitrogen and oxygen atoms in total. The lowest BCUT2D eigenvalue weighted by Crippen LogP contribution is -2.33. The van der Waals surface area contributed by atoms with E-state index in [9.17, 15) is 23.3 Å². The van der Waals surface area contributed by atoms with Crippen LogP contribution in [0.15, 0.2) is 47.4 Å². The molecule has 0 bridgehead atoms. The lowest BCUT2D eigenvalue weighted by atomic mass is 10.1. The average Bonchev–Trinajstić information content (AvgIpc) is 3.47. The summed E-state index contributed by atoms with van der Waals surface area (Å²) in [5.41, 5.74) is 0.802. The van der Waals surface area contributed by atoms with Crippen LogP contribution in [-0.2, 0) is 10.0 Å². The van der Waals surface area contributed by atoms with Gasteiger partial charge in [0, 0.05) is 28.9 Å². The van der Waals surface area contributed by atoms with Gasteiger partial charge in [-0.15, -0.1) is 0 Å². The molecule has 0 heterocycles. The van der Waals surface area contributed by atoms with Crippen molar-refractivity contribution in [2.45, 2.75) is 37.6 Å². The van der Waals surface area contributed by atoms with Crippen molar-refractivity contribution >= 4 is 27.3 Å². The van der Waals surface area contributed by atoms with Crippen molar-refractivity contribution in [3.05, 3.63) is 63.7 Å². The van der Waals surface area contributed by atoms with E-state index in [2.05, 4.69) is 10.0 Å². The van der Waals surface area contributed by atoms with Gasteiger partial charge in [0.15, 0.2) is 0 Å². The Morgan fingerprint density at radius 2 is 1.82 bits per heavy atom. The van der Waals surface area contributed by atoms with Gasteiger partial charge in [0.25, 0.3) is 21.6 Å². The highest BCUT2D eigenvalue weighted by Crippen LogP contribution is 2.32. The first-order valence-corrected chi connectivity index (χ1v) is 10.3. The molecule has 0 radical (unpaired) electrons. The van der Waals surface area contributed by atoms with Crippen molar-refractivity contribution in [1.29, 1.82) is 0 Å². The summed E-state index contributed by atoms with van der Waals surface area (Å²) in [6.45, 7) is 3.51. The maximum Gasteiger partial charge on any atom is 0.273 e. The summed E-state index contributed by atoms with van der Waals surface area (Å²) < 4.78 is 27.4. The molecule has 148 valence electrons. The average molecular weight is 403 g/mol. The number of sulfonamides is 1. The molecule has 1 amide bonds. The molecule has 9 heteroatoms. The van der Waals surface area contributed by atoms with Gasteiger partial charge in [0.2, 0.25) is 0 Å². The van der Waals surface area contributed by atoms with Crippen LogP contribution in [0.2, 0.25) is 0 Å². The first-order chi connectivity index (χ1) is 13.2. The molecule has 1 unspecified atom stereocenters. The van der Waals surface area contributed by atoms with Crippen molar-refractivity contribution in [2.24, 2.45) is 5.92 Å². The molecular formula is C19H21N3O5S. The fourth-order valence-electron chi connectivity index (χ4n) is 2.86. The minimum atomic E-state index is -4.00. The van der Waals surface area contributed by atoms with Gasteiger partial charge in [0.1, 0.15) is 0 Å². The van der Waals surface area contributed by atoms with Crippen LogP contribution in [0.3, 0.4) is 0 Å². The SMILES string of the molecule is Cc1ccc(S(=O)(=O)Nc2ccc(C(=O)NC(C)C3CC3)cc2)cc1[N+](=O)[O-]. The monoisotopic (exact) mass is 403 g/mol. The molecule has 0 aliphatic heterocycles. The molecule has 2 N–H and O–H groups in total. The minimum absolute atomic E-state index is 0.114. The highest BCUT2D eigenvalue weighted by atomic mass is 32.2. The molecule has 0 saturated heterocycles. The number of nitro benzene ring substituents is 1. The lowest BCUT2D eigenvalue weighted by molar-refractivity contribution is -0.385. The third-order valence-corrected chi connectivity index (χ3v) is 6.15. The van der Waals surface area contributed by atoms with Crippen molar-refractivity contribution in [3.8, 4) is 0 Å². The number of carbonyl (C=O) groups excluding carboxylic acids is 1. The quantitative estimate of drug-likeness (QED) is 0.543. The Morgan fingerprint density at radius 1 is 1.18 bits per heavy atom. The highest BCUT2D eigenvalue weighted by Gasteiger charge is 2.29. The maximum atomic E-state index is 12.5. The zero-order valence-corrected chi connectivity index (χ0v) is 16.3. The fourth-order valence-corrected chi connectivity index (χ4v) is 3.94. The van der Waals surface area contributed by atoms with Gasteiger partial charge >= 0.3 is 0 Å². The summed E-state index contributed by atoms with van der Waals surface area (Å²) in [4.78, 5) is 22.4. The number of nitro groups is 1. The molecule has 2 aromatic rings. The molecule has 28 heavy (non-hydrogen) atoms. The highest BCUT2D eigenvalue weighted by molar-refractivity contribution is 7.92. The first-order valence-electron chi connectivity index (χ1n) is 8.86. The Balaban J connectivity index is 1.73. The first kappa shape index (κ1) is 19.8. The summed E-state index contributed by atoms with van der Waals surface area (Å²) in [5.74, 6) is 0.330. The summed E-state index contributed by atoms with van der Waals surface area (Å²) in [5, 5.41) is 14.0. The van der Waals surface area contributed by atoms with Gasteiger partial charge in [-0.05, 0) is 62.9 Å². The zero-order valence-electron chi connectivity index (χ0n) is 15.5. The number of aryl methyl sites for hydroxylation is 1. The smallest absolute Gasteiger partial charge is 0.273 e. The molecule has 3 rings (SSSR count). The fraction of sp³-hybridized carbons (Fsp3) is 0.316. The number of nitrogens with zero attached hydrogens (tertiary/aromatic N) is 1. The molecule has 2 aromatic carbocycles. The lowest BCUT2D eigenvalue weighted by Gasteiger charge is -2.13. The van der Waals surface area contributed by atoms with Crippen LogP contribution in [0.25, 0.3) is 0 Å². The van der Waals surface area contributed by atoms with E-state index >= 15 is 0 Å². The zero-order chi connectivity index (χ0) is 20.5. The molecule has 0 aromatic heterocycles. The van der Waals surface area contributed by atoms with Gasteiger partial charge < -0.3 is 5.32 Å². The largest absolute Gasteiger partial charge is 0.349 e. The van der Waals surface area contributed by atoms with E-state index < -0.39 is 14.9 Å². The predicted molar refractivity (Wildman–Crippen MR) is 105 cm³/mol.